The summed E-state index contributed by atoms with van der Waals surface area (Å²) >= 11 is 0. The topological polar surface area (TPSA) is 71.8 Å². The Hall–Kier alpha value is -3.71. The van der Waals surface area contributed by atoms with Crippen molar-refractivity contribution in [3.63, 3.8) is 0 Å². The number of anilines is 2. The lowest BCUT2D eigenvalue weighted by atomic mass is 10.0. The highest BCUT2D eigenvalue weighted by molar-refractivity contribution is 6.00. The molecule has 7 nitrogen and oxygen atoms in total. The predicted molar refractivity (Wildman–Crippen MR) is 133 cm³/mol. The lowest BCUT2D eigenvalue weighted by molar-refractivity contribution is -0.115. The number of carbonyl (C=O) groups excluding carboxylic acids is 1. The molecule has 1 fully saturated rings. The zero-order valence-electron chi connectivity index (χ0n) is 19.4. The molecule has 4 aromatic rings. The summed E-state index contributed by atoms with van der Waals surface area (Å²) in [5.41, 5.74) is 6.71. The SMILES string of the molecule is CCC1CN(c2nccn3c(-c4ccc5c(c4)CC(=O)N5)c(-c4ccccc4)nc23)CC(C)O1. The molecule has 0 aliphatic carbocycles. The Morgan fingerprint density at radius 3 is 2.79 bits per heavy atom. The summed E-state index contributed by atoms with van der Waals surface area (Å²) in [4.78, 5) is 24.2. The second kappa shape index (κ2) is 8.25. The van der Waals surface area contributed by atoms with Crippen LogP contribution in [0.1, 0.15) is 25.8 Å². The molecule has 1 amide bonds. The van der Waals surface area contributed by atoms with Crippen LogP contribution >= 0.6 is 0 Å². The van der Waals surface area contributed by atoms with Gasteiger partial charge in [0.15, 0.2) is 11.5 Å². The Morgan fingerprint density at radius 2 is 1.97 bits per heavy atom. The third kappa shape index (κ3) is 3.53. The van der Waals surface area contributed by atoms with E-state index in [2.05, 4.69) is 52.7 Å². The van der Waals surface area contributed by atoms with Crippen LogP contribution in [0.25, 0.3) is 28.2 Å². The van der Waals surface area contributed by atoms with Crippen molar-refractivity contribution in [2.75, 3.05) is 23.3 Å². The summed E-state index contributed by atoms with van der Waals surface area (Å²) in [6.07, 6.45) is 5.49. The van der Waals surface area contributed by atoms with Crippen molar-refractivity contribution in [1.82, 2.24) is 14.4 Å². The number of benzene rings is 2. The highest BCUT2D eigenvalue weighted by Gasteiger charge is 2.28. The van der Waals surface area contributed by atoms with E-state index in [0.29, 0.717) is 6.42 Å². The minimum Gasteiger partial charge on any atom is -0.372 e. The normalized spacial score (nSPS) is 19.9. The highest BCUT2D eigenvalue weighted by atomic mass is 16.5. The predicted octanol–water partition coefficient (Wildman–Crippen LogP) is 4.56. The van der Waals surface area contributed by atoms with Gasteiger partial charge in [0.25, 0.3) is 0 Å². The number of amides is 1. The first-order chi connectivity index (χ1) is 16.6. The van der Waals surface area contributed by atoms with E-state index in [1.54, 1.807) is 0 Å². The van der Waals surface area contributed by atoms with Crippen LogP contribution in [-0.2, 0) is 16.0 Å². The van der Waals surface area contributed by atoms with Gasteiger partial charge in [0.2, 0.25) is 5.91 Å². The second-order valence-electron chi connectivity index (χ2n) is 9.10. The Bertz CT molecular complexity index is 1380. The number of morpholine rings is 1. The summed E-state index contributed by atoms with van der Waals surface area (Å²) in [6.45, 7) is 5.84. The lowest BCUT2D eigenvalue weighted by Gasteiger charge is -2.37. The Morgan fingerprint density at radius 1 is 1.12 bits per heavy atom. The molecule has 6 rings (SSSR count). The molecule has 0 spiro atoms. The van der Waals surface area contributed by atoms with E-state index in [1.807, 2.05) is 36.7 Å². The van der Waals surface area contributed by atoms with Crippen LogP contribution in [0.2, 0.25) is 0 Å². The number of nitrogens with one attached hydrogen (secondary N) is 1. The molecule has 2 aliphatic rings. The number of imidazole rings is 1. The molecule has 0 bridgehead atoms. The van der Waals surface area contributed by atoms with Crippen molar-refractivity contribution in [1.29, 1.82) is 0 Å². The van der Waals surface area contributed by atoms with E-state index in [1.165, 1.54) is 0 Å². The van der Waals surface area contributed by atoms with Gasteiger partial charge in [-0.15, -0.1) is 0 Å². The maximum Gasteiger partial charge on any atom is 0.228 e. The fourth-order valence-electron chi connectivity index (χ4n) is 5.08. The zero-order valence-corrected chi connectivity index (χ0v) is 19.4. The Balaban J connectivity index is 1.55. The lowest BCUT2D eigenvalue weighted by Crippen LogP contribution is -2.47. The number of fused-ring (bicyclic) bond motifs is 2. The van der Waals surface area contributed by atoms with Crippen LogP contribution in [-0.4, -0.2) is 45.6 Å². The minimum atomic E-state index is 0.0342. The standard InChI is InChI=1S/C27H27N5O2/c1-3-21-16-31(15-17(2)34-21)26-27-30-24(18-7-5-4-6-8-18)25(32(27)12-11-28-26)19-9-10-22-20(13-19)14-23(33)29-22/h4-13,17,21H,3,14-16H2,1-2H3,(H,29,33). The van der Waals surface area contributed by atoms with Crippen LogP contribution in [0.3, 0.4) is 0 Å². The van der Waals surface area contributed by atoms with Crippen molar-refractivity contribution < 1.29 is 9.53 Å². The maximum absolute atomic E-state index is 11.9. The van der Waals surface area contributed by atoms with E-state index in [-0.39, 0.29) is 18.1 Å². The summed E-state index contributed by atoms with van der Waals surface area (Å²) in [7, 11) is 0. The highest BCUT2D eigenvalue weighted by Crippen LogP contribution is 2.37. The van der Waals surface area contributed by atoms with Crippen molar-refractivity contribution in [2.24, 2.45) is 0 Å². The molecule has 2 unspecified atom stereocenters. The largest absolute Gasteiger partial charge is 0.372 e. The van der Waals surface area contributed by atoms with Crippen LogP contribution < -0.4 is 10.2 Å². The minimum absolute atomic E-state index is 0.0342. The van der Waals surface area contributed by atoms with Crippen LogP contribution in [0.15, 0.2) is 60.9 Å². The van der Waals surface area contributed by atoms with Crippen molar-refractivity contribution in [2.45, 2.75) is 38.9 Å². The van der Waals surface area contributed by atoms with E-state index in [4.69, 9.17) is 14.7 Å². The molecule has 34 heavy (non-hydrogen) atoms. The van der Waals surface area contributed by atoms with Gasteiger partial charge in [0.1, 0.15) is 0 Å². The number of hydrogen-bond donors (Lipinski definition) is 1. The first-order valence-electron chi connectivity index (χ1n) is 11.9. The number of rotatable bonds is 4. The smallest absolute Gasteiger partial charge is 0.228 e. The van der Waals surface area contributed by atoms with Gasteiger partial charge in [0, 0.05) is 42.3 Å². The number of ether oxygens (including phenoxy) is 1. The van der Waals surface area contributed by atoms with Gasteiger partial charge in [0.05, 0.1) is 30.0 Å². The molecule has 4 heterocycles. The van der Waals surface area contributed by atoms with E-state index < -0.39 is 0 Å². The van der Waals surface area contributed by atoms with Gasteiger partial charge in [-0.3, -0.25) is 9.20 Å². The van der Waals surface area contributed by atoms with E-state index in [9.17, 15) is 4.79 Å². The Kier molecular flexibility index (Phi) is 5.07. The average Bonchev–Trinajstić information content (AvgIpc) is 3.43. The van der Waals surface area contributed by atoms with Gasteiger partial charge >= 0.3 is 0 Å². The molecule has 7 heteroatoms. The molecule has 2 aromatic heterocycles. The first-order valence-corrected chi connectivity index (χ1v) is 11.9. The summed E-state index contributed by atoms with van der Waals surface area (Å²) in [5.74, 6) is 0.907. The zero-order chi connectivity index (χ0) is 23.2. The maximum atomic E-state index is 11.9. The number of hydrogen-bond acceptors (Lipinski definition) is 5. The number of carbonyl (C=O) groups is 1. The fraction of sp³-hybridized carbons (Fsp3) is 0.296. The van der Waals surface area contributed by atoms with Crippen molar-refractivity contribution in [3.05, 3.63) is 66.5 Å². The van der Waals surface area contributed by atoms with E-state index >= 15 is 0 Å². The third-order valence-corrected chi connectivity index (χ3v) is 6.66. The van der Waals surface area contributed by atoms with Gasteiger partial charge in [-0.25, -0.2) is 9.97 Å². The van der Waals surface area contributed by atoms with E-state index in [0.717, 1.165) is 64.7 Å². The summed E-state index contributed by atoms with van der Waals surface area (Å²) in [6, 6.07) is 16.4. The molecule has 2 aromatic carbocycles. The van der Waals surface area contributed by atoms with Crippen LogP contribution in [0.4, 0.5) is 11.5 Å². The molecule has 1 N–H and O–H groups in total. The van der Waals surface area contributed by atoms with Crippen molar-refractivity contribution in [3.8, 4) is 22.5 Å². The molecule has 2 aliphatic heterocycles. The number of nitrogens with zero attached hydrogens (tertiary/aromatic N) is 4. The third-order valence-electron chi connectivity index (χ3n) is 6.66. The molecule has 172 valence electrons. The molecular formula is C27H27N5O2. The summed E-state index contributed by atoms with van der Waals surface area (Å²) in [5, 5.41) is 2.93. The first kappa shape index (κ1) is 20.9. The van der Waals surface area contributed by atoms with Gasteiger partial charge in [-0.1, -0.05) is 43.3 Å². The monoisotopic (exact) mass is 453 g/mol. The van der Waals surface area contributed by atoms with Crippen LogP contribution in [0, 0.1) is 0 Å². The molecule has 2 atom stereocenters. The molecule has 0 radical (unpaired) electrons. The van der Waals surface area contributed by atoms with Crippen molar-refractivity contribution >= 4 is 23.1 Å². The van der Waals surface area contributed by atoms with Gasteiger partial charge in [-0.2, -0.15) is 0 Å². The quantitative estimate of drug-likeness (QED) is 0.490. The number of aromatic nitrogens is 3. The average molecular weight is 454 g/mol. The molecular weight excluding hydrogens is 426 g/mol. The Labute approximate surface area is 198 Å². The van der Waals surface area contributed by atoms with Gasteiger partial charge in [-0.05, 0) is 31.0 Å². The second-order valence-corrected chi connectivity index (χ2v) is 9.10. The fourth-order valence-corrected chi connectivity index (χ4v) is 5.08. The molecule has 1 saturated heterocycles. The van der Waals surface area contributed by atoms with Gasteiger partial charge < -0.3 is 15.0 Å². The summed E-state index contributed by atoms with van der Waals surface area (Å²) < 4.78 is 8.22. The molecule has 0 saturated carbocycles. The van der Waals surface area contributed by atoms with Crippen LogP contribution in [0.5, 0.6) is 0 Å².